The number of hydrogen-bond donors (Lipinski definition) is 0. The van der Waals surface area contributed by atoms with Gasteiger partial charge >= 0.3 is 0 Å². The van der Waals surface area contributed by atoms with E-state index in [1.54, 1.807) is 11.0 Å². The summed E-state index contributed by atoms with van der Waals surface area (Å²) in [5.41, 5.74) is 1.85. The van der Waals surface area contributed by atoms with Gasteiger partial charge in [-0.25, -0.2) is 0 Å². The van der Waals surface area contributed by atoms with Crippen LogP contribution in [0.2, 0.25) is 0 Å². The van der Waals surface area contributed by atoms with E-state index >= 15 is 0 Å². The summed E-state index contributed by atoms with van der Waals surface area (Å²) in [6.45, 7) is 9.10. The highest BCUT2D eigenvalue weighted by atomic mass is 16.5. The Morgan fingerprint density at radius 1 is 1.21 bits per heavy atom. The quantitative estimate of drug-likeness (QED) is 0.768. The second-order valence-electron chi connectivity index (χ2n) is 8.74. The molecule has 1 unspecified atom stereocenters. The minimum absolute atomic E-state index is 0.000956. The summed E-state index contributed by atoms with van der Waals surface area (Å²) in [6, 6.07) is 12.3. The van der Waals surface area contributed by atoms with Crippen molar-refractivity contribution in [3.63, 3.8) is 0 Å². The largest absolute Gasteiger partial charge is 0.379 e. The molecule has 1 aliphatic heterocycles. The number of benzene rings is 1. The Labute approximate surface area is 166 Å². The zero-order valence-corrected chi connectivity index (χ0v) is 17.0. The van der Waals surface area contributed by atoms with Gasteiger partial charge < -0.3 is 14.2 Å². The second-order valence-corrected chi connectivity index (χ2v) is 8.74. The Morgan fingerprint density at radius 2 is 1.89 bits per heavy atom. The minimum Gasteiger partial charge on any atom is -0.379 e. The van der Waals surface area contributed by atoms with Gasteiger partial charge in [-0.2, -0.15) is 0 Å². The van der Waals surface area contributed by atoms with E-state index in [1.165, 1.54) is 5.56 Å². The summed E-state index contributed by atoms with van der Waals surface area (Å²) in [7, 11) is 1.86. The molecular formula is C22H29N3O3. The van der Waals surface area contributed by atoms with Crippen molar-refractivity contribution in [2.24, 2.45) is 5.41 Å². The molecule has 1 aromatic carbocycles. The molecule has 6 nitrogen and oxygen atoms in total. The number of nitrogens with zero attached hydrogens (tertiary/aromatic N) is 3. The van der Waals surface area contributed by atoms with E-state index in [4.69, 9.17) is 9.26 Å². The van der Waals surface area contributed by atoms with E-state index < -0.39 is 0 Å². The summed E-state index contributed by atoms with van der Waals surface area (Å²) in [5.74, 6) is 0.637. The van der Waals surface area contributed by atoms with Gasteiger partial charge in [-0.15, -0.1) is 0 Å². The maximum Gasteiger partial charge on any atom is 0.275 e. The fourth-order valence-corrected chi connectivity index (χ4v) is 4.46. The van der Waals surface area contributed by atoms with Crippen LogP contribution in [0.4, 0.5) is 0 Å². The van der Waals surface area contributed by atoms with E-state index in [2.05, 4.69) is 48.2 Å². The molecule has 0 N–H and O–H groups in total. The minimum atomic E-state index is -0.0880. The lowest BCUT2D eigenvalue weighted by Gasteiger charge is -2.27. The molecule has 1 amide bonds. The lowest BCUT2D eigenvalue weighted by Crippen LogP contribution is -2.36. The van der Waals surface area contributed by atoms with Crippen LogP contribution in [-0.2, 0) is 16.7 Å². The topological polar surface area (TPSA) is 58.8 Å². The lowest BCUT2D eigenvalue weighted by molar-refractivity contribution is 0.0305. The Hall–Kier alpha value is -2.18. The molecule has 1 saturated heterocycles. The van der Waals surface area contributed by atoms with Gasteiger partial charge in [0.15, 0.2) is 11.5 Å². The Morgan fingerprint density at radius 3 is 2.54 bits per heavy atom. The predicted octanol–water partition coefficient (Wildman–Crippen LogP) is 2.95. The first-order valence-electron chi connectivity index (χ1n) is 9.98. The van der Waals surface area contributed by atoms with E-state index in [9.17, 15) is 4.79 Å². The highest BCUT2D eigenvalue weighted by Gasteiger charge is 2.62. The zero-order valence-electron chi connectivity index (χ0n) is 17.0. The third kappa shape index (κ3) is 3.59. The number of aromatic nitrogens is 1. The van der Waals surface area contributed by atoms with Gasteiger partial charge in [0.25, 0.3) is 5.91 Å². The maximum absolute atomic E-state index is 13.0. The smallest absolute Gasteiger partial charge is 0.275 e. The van der Waals surface area contributed by atoms with Crippen molar-refractivity contribution in [3.8, 4) is 0 Å². The molecule has 0 radical (unpaired) electrons. The maximum atomic E-state index is 13.0. The van der Waals surface area contributed by atoms with E-state index in [-0.39, 0.29) is 16.7 Å². The monoisotopic (exact) mass is 383 g/mol. The van der Waals surface area contributed by atoms with Crippen LogP contribution >= 0.6 is 0 Å². The van der Waals surface area contributed by atoms with Crippen LogP contribution < -0.4 is 0 Å². The average Bonchev–Trinajstić information content (AvgIpc) is 3.03. The van der Waals surface area contributed by atoms with Gasteiger partial charge in [-0.3, -0.25) is 9.69 Å². The second kappa shape index (κ2) is 7.33. The normalized spacial score (nSPS) is 24.1. The van der Waals surface area contributed by atoms with Crippen LogP contribution in [0.3, 0.4) is 0 Å². The highest BCUT2D eigenvalue weighted by Crippen LogP contribution is 2.64. The molecule has 2 heterocycles. The van der Waals surface area contributed by atoms with Crippen molar-refractivity contribution < 1.29 is 14.1 Å². The van der Waals surface area contributed by atoms with Crippen LogP contribution in [-0.4, -0.2) is 60.8 Å². The highest BCUT2D eigenvalue weighted by molar-refractivity contribution is 5.92. The van der Waals surface area contributed by atoms with Crippen molar-refractivity contribution in [1.29, 1.82) is 0 Å². The van der Waals surface area contributed by atoms with E-state index in [1.807, 2.05) is 13.1 Å². The van der Waals surface area contributed by atoms with Crippen LogP contribution in [0, 0.1) is 5.41 Å². The summed E-state index contributed by atoms with van der Waals surface area (Å²) >= 11 is 0. The first kappa shape index (κ1) is 19.2. The van der Waals surface area contributed by atoms with Gasteiger partial charge in [0.2, 0.25) is 0 Å². The van der Waals surface area contributed by atoms with Crippen molar-refractivity contribution in [3.05, 3.63) is 53.4 Å². The van der Waals surface area contributed by atoms with Crippen LogP contribution in [0.15, 0.2) is 40.9 Å². The summed E-state index contributed by atoms with van der Waals surface area (Å²) in [4.78, 5) is 17.0. The Kier molecular flexibility index (Phi) is 5.02. The fraction of sp³-hybridized carbons (Fsp3) is 0.545. The van der Waals surface area contributed by atoms with Crippen molar-refractivity contribution >= 4 is 5.91 Å². The van der Waals surface area contributed by atoms with Gasteiger partial charge in [-0.05, 0) is 17.4 Å². The molecule has 1 aromatic heterocycles. The molecule has 2 aromatic rings. The number of likely N-dealkylation sites (N-methyl/N-ethyl adjacent to an activating group) is 1. The first-order valence-corrected chi connectivity index (χ1v) is 9.98. The van der Waals surface area contributed by atoms with Gasteiger partial charge in [0.1, 0.15) is 0 Å². The molecule has 0 bridgehead atoms. The number of amides is 1. The fourth-order valence-electron chi connectivity index (χ4n) is 4.46. The van der Waals surface area contributed by atoms with Gasteiger partial charge in [0.05, 0.1) is 19.8 Å². The molecule has 0 spiro atoms. The van der Waals surface area contributed by atoms with Crippen molar-refractivity contribution in [2.45, 2.75) is 32.2 Å². The predicted molar refractivity (Wildman–Crippen MR) is 106 cm³/mol. The molecule has 28 heavy (non-hydrogen) atoms. The average molecular weight is 383 g/mol. The Balaban J connectivity index is 1.43. The number of rotatable bonds is 6. The molecule has 2 aliphatic rings. The zero-order chi connectivity index (χ0) is 19.8. The van der Waals surface area contributed by atoms with Crippen LogP contribution in [0.5, 0.6) is 0 Å². The van der Waals surface area contributed by atoms with E-state index in [0.717, 1.165) is 38.5 Å². The third-order valence-electron chi connectivity index (χ3n) is 6.36. The van der Waals surface area contributed by atoms with Crippen LogP contribution in [0.25, 0.3) is 0 Å². The molecule has 1 saturated carbocycles. The summed E-state index contributed by atoms with van der Waals surface area (Å²) in [5, 5.41) is 4.04. The molecule has 1 atom stereocenters. The lowest BCUT2D eigenvalue weighted by atomic mass is 9.87. The number of hydrogen-bond acceptors (Lipinski definition) is 5. The standard InChI is InChI=1S/C22H29N3O3/c1-21(2)15-22(21,17-7-5-4-6-8-17)16-24(3)20(26)19-13-18(28-23-19)14-25-9-11-27-12-10-25/h4-8,13H,9-12,14-16H2,1-3H3. The number of ether oxygens (including phenoxy) is 1. The van der Waals surface area contributed by atoms with Gasteiger partial charge in [0, 0.05) is 38.2 Å². The molecule has 150 valence electrons. The first-order chi connectivity index (χ1) is 13.4. The van der Waals surface area contributed by atoms with Crippen LogP contribution in [0.1, 0.15) is 42.1 Å². The number of carbonyl (C=O) groups excluding carboxylic acids is 1. The van der Waals surface area contributed by atoms with Crippen molar-refractivity contribution in [2.75, 3.05) is 39.9 Å². The SMILES string of the molecule is CN(CC1(c2ccccc2)CC1(C)C)C(=O)c1cc(CN2CCOCC2)on1. The molecule has 6 heteroatoms. The summed E-state index contributed by atoms with van der Waals surface area (Å²) < 4.78 is 10.8. The van der Waals surface area contributed by atoms with E-state index in [0.29, 0.717) is 18.8 Å². The molecule has 2 fully saturated rings. The molecular weight excluding hydrogens is 354 g/mol. The molecule has 1 aliphatic carbocycles. The third-order valence-corrected chi connectivity index (χ3v) is 6.36. The molecule has 4 rings (SSSR count). The number of morpholine rings is 1. The van der Waals surface area contributed by atoms with Gasteiger partial charge in [-0.1, -0.05) is 49.3 Å². The number of carbonyl (C=O) groups is 1. The van der Waals surface area contributed by atoms with Crippen molar-refractivity contribution in [1.82, 2.24) is 15.0 Å². The Bertz CT molecular complexity index is 827. The summed E-state index contributed by atoms with van der Waals surface area (Å²) in [6.07, 6.45) is 1.07.